The van der Waals surface area contributed by atoms with E-state index in [2.05, 4.69) is 15.8 Å². The van der Waals surface area contributed by atoms with Crippen LogP contribution in [-0.2, 0) is 17.8 Å². The minimum atomic E-state index is -1.15. The fourth-order valence-electron chi connectivity index (χ4n) is 4.89. The molecule has 3 rings (SSSR count). The molecule has 9 nitrogen and oxygen atoms in total. The molecule has 0 spiro atoms. The van der Waals surface area contributed by atoms with Crippen LogP contribution in [0.3, 0.4) is 0 Å². The van der Waals surface area contributed by atoms with Crippen LogP contribution < -0.4 is 15.4 Å². The van der Waals surface area contributed by atoms with Crippen LogP contribution in [0, 0.1) is 17.6 Å². The molecule has 0 bridgehead atoms. The largest absolute Gasteiger partial charge is 0.497 e. The highest BCUT2D eigenvalue weighted by Crippen LogP contribution is 2.17. The van der Waals surface area contributed by atoms with Crippen molar-refractivity contribution in [1.29, 1.82) is 0 Å². The number of carbonyl (C=O) groups excluding carboxylic acids is 2. The van der Waals surface area contributed by atoms with E-state index in [0.717, 1.165) is 30.2 Å². The second kappa shape index (κ2) is 18.1. The van der Waals surface area contributed by atoms with Crippen molar-refractivity contribution in [2.75, 3.05) is 33.9 Å². The number of methoxy groups -OCH3 is 1. The predicted molar refractivity (Wildman–Crippen MR) is 179 cm³/mol. The summed E-state index contributed by atoms with van der Waals surface area (Å²) in [6.45, 7) is 9.06. The van der Waals surface area contributed by atoms with Crippen molar-refractivity contribution in [2.45, 2.75) is 59.2 Å². The molecule has 0 heterocycles. The van der Waals surface area contributed by atoms with Crippen LogP contribution in [0.15, 0.2) is 65.8 Å². The van der Waals surface area contributed by atoms with Gasteiger partial charge in [-0.2, -0.15) is 0 Å². The van der Waals surface area contributed by atoms with Gasteiger partial charge in [0.2, 0.25) is 0 Å². The zero-order chi connectivity index (χ0) is 34.5. The van der Waals surface area contributed by atoms with Crippen LogP contribution in [0.4, 0.5) is 8.78 Å². The van der Waals surface area contributed by atoms with E-state index in [0.29, 0.717) is 36.7 Å². The van der Waals surface area contributed by atoms with E-state index in [4.69, 9.17) is 9.57 Å². The maximum Gasteiger partial charge on any atom is 0.253 e. The number of aliphatic hydroxyl groups is 1. The fraction of sp³-hybridized carbons (Fsp3) is 0.417. The molecule has 11 heteroatoms. The molecule has 254 valence electrons. The molecule has 0 aliphatic heterocycles. The third kappa shape index (κ3) is 11.8. The number of oxime groups is 1. The lowest BCUT2D eigenvalue weighted by Gasteiger charge is -2.25. The molecule has 2 amide bonds. The number of hydrogen-bond acceptors (Lipinski definition) is 7. The Kier molecular flexibility index (Phi) is 14.3. The first-order chi connectivity index (χ1) is 22.4. The Morgan fingerprint density at radius 1 is 0.979 bits per heavy atom. The van der Waals surface area contributed by atoms with E-state index in [1.807, 2.05) is 45.0 Å². The molecule has 0 aliphatic carbocycles. The summed E-state index contributed by atoms with van der Waals surface area (Å²) in [7, 11) is 3.26. The van der Waals surface area contributed by atoms with Crippen molar-refractivity contribution in [3.8, 4) is 5.75 Å². The van der Waals surface area contributed by atoms with Gasteiger partial charge in [0.1, 0.15) is 24.0 Å². The van der Waals surface area contributed by atoms with Crippen LogP contribution in [0.2, 0.25) is 0 Å². The third-order valence-electron chi connectivity index (χ3n) is 7.35. The quantitative estimate of drug-likeness (QED) is 0.134. The first-order valence-corrected chi connectivity index (χ1v) is 15.7. The fourth-order valence-corrected chi connectivity index (χ4v) is 4.89. The number of halogens is 2. The standard InChI is InChI=1S/C36H46F2N4O5/c1-7-11-42(5)36(45)29-17-27(24(4)41-47-22-23(2)3)16-28(18-29)35(44)40-33(15-26-12-30(37)19-31(38)13-26)34(43)21-39-20-25-9-8-10-32(14-25)46-6/h8-10,12-14,16-19,23,33-34,39,43H,7,11,15,20-22H2,1-6H3,(H,40,44)/b41-24+/t33-,34+/m0/s1. The Balaban J connectivity index is 1.91. The number of carbonyl (C=O) groups is 2. The number of ether oxygens (including phenoxy) is 1. The summed E-state index contributed by atoms with van der Waals surface area (Å²) in [5.74, 6) is -1.44. The molecule has 0 saturated carbocycles. The summed E-state index contributed by atoms with van der Waals surface area (Å²) < 4.78 is 33.4. The van der Waals surface area contributed by atoms with E-state index >= 15 is 0 Å². The first kappa shape index (κ1) is 37.1. The Labute approximate surface area is 275 Å². The first-order valence-electron chi connectivity index (χ1n) is 15.7. The smallest absolute Gasteiger partial charge is 0.253 e. The molecule has 3 aromatic rings. The van der Waals surface area contributed by atoms with Crippen LogP contribution in [-0.4, -0.2) is 73.5 Å². The number of aliphatic hydroxyl groups excluding tert-OH is 1. The van der Waals surface area contributed by atoms with Gasteiger partial charge >= 0.3 is 0 Å². The zero-order valence-corrected chi connectivity index (χ0v) is 28.0. The molecule has 2 atom stereocenters. The lowest BCUT2D eigenvalue weighted by Crippen LogP contribution is -2.48. The number of rotatable bonds is 17. The van der Waals surface area contributed by atoms with E-state index in [1.165, 1.54) is 6.07 Å². The molecular formula is C36H46F2N4O5. The number of amides is 2. The van der Waals surface area contributed by atoms with Gasteiger partial charge in [-0.15, -0.1) is 0 Å². The Morgan fingerprint density at radius 3 is 2.32 bits per heavy atom. The normalized spacial score (nSPS) is 12.9. The Morgan fingerprint density at radius 2 is 1.66 bits per heavy atom. The van der Waals surface area contributed by atoms with Crippen LogP contribution in [0.1, 0.15) is 71.5 Å². The van der Waals surface area contributed by atoms with Crippen molar-refractivity contribution >= 4 is 17.5 Å². The SMILES string of the molecule is CCCN(C)C(=O)c1cc(C(=O)N[C@@H](Cc2cc(F)cc(F)c2)[C@H](O)CNCc2cccc(OC)c2)cc(/C(C)=N/OCC(C)C)c1. The molecule has 3 N–H and O–H groups in total. The minimum absolute atomic E-state index is 0.0589. The maximum absolute atomic E-state index is 14.1. The van der Waals surface area contributed by atoms with E-state index in [9.17, 15) is 23.5 Å². The number of benzene rings is 3. The topological polar surface area (TPSA) is 112 Å². The average Bonchev–Trinajstić information content (AvgIpc) is 3.03. The van der Waals surface area contributed by atoms with E-state index in [-0.39, 0.29) is 41.5 Å². The molecular weight excluding hydrogens is 606 g/mol. The highest BCUT2D eigenvalue weighted by molar-refractivity contribution is 6.06. The summed E-state index contributed by atoms with van der Waals surface area (Å²) >= 11 is 0. The van der Waals surface area contributed by atoms with Gasteiger partial charge in [0, 0.05) is 49.4 Å². The van der Waals surface area contributed by atoms with E-state index < -0.39 is 29.7 Å². The highest BCUT2D eigenvalue weighted by atomic mass is 19.1. The van der Waals surface area contributed by atoms with Gasteiger partial charge in [0.15, 0.2) is 0 Å². The molecule has 0 unspecified atom stereocenters. The van der Waals surface area contributed by atoms with Crippen LogP contribution in [0.25, 0.3) is 0 Å². The average molecular weight is 653 g/mol. The van der Waals surface area contributed by atoms with Crippen molar-refractivity contribution in [1.82, 2.24) is 15.5 Å². The van der Waals surface area contributed by atoms with Gasteiger partial charge in [-0.3, -0.25) is 9.59 Å². The number of nitrogens with zero attached hydrogens (tertiary/aromatic N) is 2. The molecule has 0 aromatic heterocycles. The molecule has 0 saturated heterocycles. The van der Waals surface area contributed by atoms with E-state index in [1.54, 1.807) is 38.1 Å². The lowest BCUT2D eigenvalue weighted by molar-refractivity contribution is 0.0795. The number of nitrogens with one attached hydrogen (secondary N) is 2. The van der Waals surface area contributed by atoms with Gasteiger partial charge in [0.05, 0.1) is 25.0 Å². The Hall–Kier alpha value is -4.35. The third-order valence-corrected chi connectivity index (χ3v) is 7.35. The molecule has 3 aromatic carbocycles. The highest BCUT2D eigenvalue weighted by Gasteiger charge is 2.25. The zero-order valence-electron chi connectivity index (χ0n) is 28.0. The van der Waals surface area contributed by atoms with Gasteiger partial charge in [-0.1, -0.05) is 38.1 Å². The molecule has 0 fully saturated rings. The minimum Gasteiger partial charge on any atom is -0.497 e. The summed E-state index contributed by atoms with van der Waals surface area (Å²) in [5, 5.41) is 21.4. The van der Waals surface area contributed by atoms with Crippen LogP contribution in [0.5, 0.6) is 5.75 Å². The number of hydrogen-bond donors (Lipinski definition) is 3. The lowest BCUT2D eigenvalue weighted by atomic mass is 9.98. The monoisotopic (exact) mass is 652 g/mol. The van der Waals surface area contributed by atoms with Crippen molar-refractivity contribution < 1.29 is 33.1 Å². The van der Waals surface area contributed by atoms with Gasteiger partial charge < -0.3 is 30.2 Å². The van der Waals surface area contributed by atoms with Crippen molar-refractivity contribution in [2.24, 2.45) is 11.1 Å². The second-order valence-corrected chi connectivity index (χ2v) is 12.0. The molecule has 0 aliphatic rings. The summed E-state index contributed by atoms with van der Waals surface area (Å²) in [6.07, 6.45) is -0.453. The summed E-state index contributed by atoms with van der Waals surface area (Å²) in [4.78, 5) is 34.1. The van der Waals surface area contributed by atoms with Crippen LogP contribution >= 0.6 is 0 Å². The second-order valence-electron chi connectivity index (χ2n) is 12.0. The van der Waals surface area contributed by atoms with Crippen molar-refractivity contribution in [3.05, 3.63) is 100 Å². The predicted octanol–water partition coefficient (Wildman–Crippen LogP) is 5.34. The van der Waals surface area contributed by atoms with Gasteiger partial charge in [-0.05, 0) is 79.3 Å². The van der Waals surface area contributed by atoms with Crippen molar-refractivity contribution in [3.63, 3.8) is 0 Å². The molecule has 0 radical (unpaired) electrons. The molecule has 47 heavy (non-hydrogen) atoms. The summed E-state index contributed by atoms with van der Waals surface area (Å²) in [6, 6.07) is 14.3. The summed E-state index contributed by atoms with van der Waals surface area (Å²) in [5.41, 5.74) is 2.60. The van der Waals surface area contributed by atoms with Gasteiger partial charge in [0.25, 0.3) is 11.8 Å². The maximum atomic E-state index is 14.1. The van der Waals surface area contributed by atoms with Gasteiger partial charge in [-0.25, -0.2) is 8.78 Å². The Bertz CT molecular complexity index is 1510.